The van der Waals surface area contributed by atoms with E-state index in [1.807, 2.05) is 6.92 Å². The van der Waals surface area contributed by atoms with Crippen molar-refractivity contribution in [1.29, 1.82) is 0 Å². The zero-order valence-corrected chi connectivity index (χ0v) is 14.6. The first-order valence-corrected chi connectivity index (χ1v) is 8.20. The lowest BCUT2D eigenvalue weighted by Gasteiger charge is -2.15. The third-order valence-electron chi connectivity index (χ3n) is 3.40. The maximum atomic E-state index is 13.1. The SMILES string of the molecule is CCOc1ccc(OC(C)C(=O)NNC(=O)Cc2cccc(F)c2)cc1. The first-order chi connectivity index (χ1) is 12.5. The van der Waals surface area contributed by atoms with Gasteiger partial charge < -0.3 is 9.47 Å². The van der Waals surface area contributed by atoms with Gasteiger partial charge in [-0.1, -0.05) is 12.1 Å². The Morgan fingerprint density at radius 3 is 2.42 bits per heavy atom. The number of benzene rings is 2. The van der Waals surface area contributed by atoms with E-state index >= 15 is 0 Å². The number of rotatable bonds is 7. The number of hydrazine groups is 1. The van der Waals surface area contributed by atoms with Gasteiger partial charge in [0, 0.05) is 0 Å². The number of hydrogen-bond donors (Lipinski definition) is 2. The third-order valence-corrected chi connectivity index (χ3v) is 3.40. The van der Waals surface area contributed by atoms with Gasteiger partial charge in [0.15, 0.2) is 6.10 Å². The maximum Gasteiger partial charge on any atom is 0.279 e. The lowest BCUT2D eigenvalue weighted by molar-refractivity contribution is -0.132. The van der Waals surface area contributed by atoms with Gasteiger partial charge in [0.1, 0.15) is 17.3 Å². The third kappa shape index (κ3) is 6.08. The second-order valence-corrected chi connectivity index (χ2v) is 5.51. The molecule has 1 unspecified atom stereocenters. The summed E-state index contributed by atoms with van der Waals surface area (Å²) in [5.41, 5.74) is 5.08. The number of carbonyl (C=O) groups excluding carboxylic acids is 2. The van der Waals surface area contributed by atoms with Crippen LogP contribution in [0.3, 0.4) is 0 Å². The minimum atomic E-state index is -0.817. The fourth-order valence-electron chi connectivity index (χ4n) is 2.15. The highest BCUT2D eigenvalue weighted by molar-refractivity contribution is 5.85. The molecule has 26 heavy (non-hydrogen) atoms. The summed E-state index contributed by atoms with van der Waals surface area (Å²) in [6.45, 7) is 4.01. The summed E-state index contributed by atoms with van der Waals surface area (Å²) < 4.78 is 23.9. The molecule has 2 N–H and O–H groups in total. The Labute approximate surface area is 151 Å². The van der Waals surface area contributed by atoms with Gasteiger partial charge in [0.05, 0.1) is 13.0 Å². The van der Waals surface area contributed by atoms with Crippen LogP contribution in [0.25, 0.3) is 0 Å². The average molecular weight is 360 g/mol. The van der Waals surface area contributed by atoms with Crippen LogP contribution >= 0.6 is 0 Å². The van der Waals surface area contributed by atoms with Crippen molar-refractivity contribution in [3.05, 3.63) is 59.9 Å². The zero-order valence-electron chi connectivity index (χ0n) is 14.6. The summed E-state index contributed by atoms with van der Waals surface area (Å²) in [5.74, 6) is -0.177. The van der Waals surface area contributed by atoms with E-state index < -0.39 is 23.7 Å². The van der Waals surface area contributed by atoms with E-state index in [9.17, 15) is 14.0 Å². The van der Waals surface area contributed by atoms with Crippen molar-refractivity contribution in [2.75, 3.05) is 6.61 Å². The summed E-state index contributed by atoms with van der Waals surface area (Å²) in [6, 6.07) is 12.6. The Morgan fingerprint density at radius 2 is 1.77 bits per heavy atom. The molecule has 0 aliphatic carbocycles. The van der Waals surface area contributed by atoms with Crippen molar-refractivity contribution in [2.45, 2.75) is 26.4 Å². The van der Waals surface area contributed by atoms with Crippen molar-refractivity contribution in [1.82, 2.24) is 10.9 Å². The highest BCUT2D eigenvalue weighted by Gasteiger charge is 2.15. The van der Waals surface area contributed by atoms with E-state index in [1.54, 1.807) is 37.3 Å². The van der Waals surface area contributed by atoms with E-state index in [0.29, 0.717) is 23.7 Å². The van der Waals surface area contributed by atoms with Gasteiger partial charge in [-0.15, -0.1) is 0 Å². The molecular formula is C19H21FN2O4. The van der Waals surface area contributed by atoms with Gasteiger partial charge >= 0.3 is 0 Å². The van der Waals surface area contributed by atoms with Crippen molar-refractivity contribution in [2.24, 2.45) is 0 Å². The summed E-state index contributed by atoms with van der Waals surface area (Å²) in [4.78, 5) is 23.8. The van der Waals surface area contributed by atoms with Crippen LogP contribution in [0.1, 0.15) is 19.4 Å². The Bertz CT molecular complexity index is 749. The number of carbonyl (C=O) groups is 2. The topological polar surface area (TPSA) is 76.7 Å². The molecule has 0 aliphatic heterocycles. The molecule has 0 bridgehead atoms. The molecule has 0 aliphatic rings. The van der Waals surface area contributed by atoms with Crippen molar-refractivity contribution < 1.29 is 23.5 Å². The summed E-state index contributed by atoms with van der Waals surface area (Å²) >= 11 is 0. The maximum absolute atomic E-state index is 13.1. The molecule has 0 heterocycles. The Hall–Kier alpha value is -3.09. The molecule has 0 saturated carbocycles. The van der Waals surface area contributed by atoms with E-state index in [-0.39, 0.29) is 6.42 Å². The van der Waals surface area contributed by atoms with Gasteiger partial charge in [0.2, 0.25) is 5.91 Å². The molecule has 0 saturated heterocycles. The molecule has 2 rings (SSSR count). The van der Waals surface area contributed by atoms with Crippen LogP contribution in [0.2, 0.25) is 0 Å². The van der Waals surface area contributed by atoms with E-state index in [2.05, 4.69) is 10.9 Å². The molecular weight excluding hydrogens is 339 g/mol. The largest absolute Gasteiger partial charge is 0.494 e. The fourth-order valence-corrected chi connectivity index (χ4v) is 2.15. The number of hydrogen-bond acceptors (Lipinski definition) is 4. The highest BCUT2D eigenvalue weighted by atomic mass is 19.1. The van der Waals surface area contributed by atoms with E-state index in [4.69, 9.17) is 9.47 Å². The zero-order chi connectivity index (χ0) is 18.9. The predicted octanol–water partition coefficient (Wildman–Crippen LogP) is 2.38. The van der Waals surface area contributed by atoms with Crippen LogP contribution in [-0.2, 0) is 16.0 Å². The Kier molecular flexibility index (Phi) is 6.96. The average Bonchev–Trinajstić information content (AvgIpc) is 2.61. The van der Waals surface area contributed by atoms with Gasteiger partial charge in [-0.25, -0.2) is 4.39 Å². The highest BCUT2D eigenvalue weighted by Crippen LogP contribution is 2.18. The molecule has 1 atom stereocenters. The monoisotopic (exact) mass is 360 g/mol. The predicted molar refractivity (Wildman–Crippen MR) is 94.1 cm³/mol. The number of nitrogens with one attached hydrogen (secondary N) is 2. The van der Waals surface area contributed by atoms with Gasteiger partial charge in [-0.3, -0.25) is 20.4 Å². The van der Waals surface area contributed by atoms with Crippen LogP contribution in [0.15, 0.2) is 48.5 Å². The first-order valence-electron chi connectivity index (χ1n) is 8.20. The normalized spacial score (nSPS) is 11.3. The van der Waals surface area contributed by atoms with Crippen LogP contribution in [0.5, 0.6) is 11.5 Å². The second kappa shape index (κ2) is 9.41. The lowest BCUT2D eigenvalue weighted by Crippen LogP contribution is -2.47. The molecule has 0 radical (unpaired) electrons. The first kappa shape index (κ1) is 19.2. The minimum Gasteiger partial charge on any atom is -0.494 e. The summed E-state index contributed by atoms with van der Waals surface area (Å²) in [7, 11) is 0. The lowest BCUT2D eigenvalue weighted by atomic mass is 10.1. The van der Waals surface area contributed by atoms with Gasteiger partial charge in [-0.2, -0.15) is 0 Å². The standard InChI is InChI=1S/C19H21FN2O4/c1-3-25-16-7-9-17(10-8-16)26-13(2)19(24)22-21-18(23)12-14-5-4-6-15(20)11-14/h4-11,13H,3,12H2,1-2H3,(H,21,23)(H,22,24). The molecule has 0 spiro atoms. The fraction of sp³-hybridized carbons (Fsp3) is 0.263. The Morgan fingerprint density at radius 1 is 1.08 bits per heavy atom. The van der Waals surface area contributed by atoms with Crippen LogP contribution in [0, 0.1) is 5.82 Å². The summed E-state index contributed by atoms with van der Waals surface area (Å²) in [6.07, 6.45) is -0.867. The Balaban J connectivity index is 1.78. The number of amides is 2. The number of ether oxygens (including phenoxy) is 2. The molecule has 6 nitrogen and oxygen atoms in total. The second-order valence-electron chi connectivity index (χ2n) is 5.51. The molecule has 7 heteroatoms. The quantitative estimate of drug-likeness (QED) is 0.744. The van der Waals surface area contributed by atoms with Gasteiger partial charge in [0.25, 0.3) is 5.91 Å². The molecule has 2 amide bonds. The smallest absolute Gasteiger partial charge is 0.279 e. The minimum absolute atomic E-state index is 0.0494. The molecule has 2 aromatic carbocycles. The van der Waals surface area contributed by atoms with Crippen molar-refractivity contribution in [3.63, 3.8) is 0 Å². The summed E-state index contributed by atoms with van der Waals surface area (Å²) in [5, 5.41) is 0. The van der Waals surface area contributed by atoms with E-state index in [1.165, 1.54) is 18.2 Å². The van der Waals surface area contributed by atoms with E-state index in [0.717, 1.165) is 0 Å². The van der Waals surface area contributed by atoms with Gasteiger partial charge in [-0.05, 0) is 55.8 Å². The molecule has 138 valence electrons. The van der Waals surface area contributed by atoms with Crippen LogP contribution in [0.4, 0.5) is 4.39 Å². The van der Waals surface area contributed by atoms with Crippen molar-refractivity contribution >= 4 is 11.8 Å². The molecule has 2 aromatic rings. The van der Waals surface area contributed by atoms with Crippen molar-refractivity contribution in [3.8, 4) is 11.5 Å². The van der Waals surface area contributed by atoms with Crippen LogP contribution in [-0.4, -0.2) is 24.5 Å². The number of halogens is 1. The molecule has 0 aromatic heterocycles. The molecule has 0 fully saturated rings. The van der Waals surface area contributed by atoms with Crippen LogP contribution < -0.4 is 20.3 Å².